The van der Waals surface area contributed by atoms with E-state index in [1.807, 2.05) is 30.3 Å². The minimum Gasteiger partial charge on any atom is -0.383 e. The maximum absolute atomic E-state index is 13.3. The van der Waals surface area contributed by atoms with Gasteiger partial charge >= 0.3 is 0 Å². The summed E-state index contributed by atoms with van der Waals surface area (Å²) < 4.78 is 33.5. The van der Waals surface area contributed by atoms with Gasteiger partial charge < -0.3 is 4.74 Å². The molecule has 4 nitrogen and oxygen atoms in total. The van der Waals surface area contributed by atoms with Gasteiger partial charge in [0, 0.05) is 13.7 Å². The number of nitrogens with zero attached hydrogens (tertiary/aromatic N) is 1. The summed E-state index contributed by atoms with van der Waals surface area (Å²) in [5.74, 6) is 0. The normalized spacial score (nSPS) is 18.5. The molecule has 0 bridgehead atoms. The number of sulfonamides is 1. The van der Waals surface area contributed by atoms with Gasteiger partial charge in [-0.3, -0.25) is 0 Å². The number of fused-ring (bicyclic) bond motifs is 1. The largest absolute Gasteiger partial charge is 0.383 e. The third-order valence-electron chi connectivity index (χ3n) is 4.99. The maximum atomic E-state index is 13.3. The van der Waals surface area contributed by atoms with Gasteiger partial charge in [-0.25, -0.2) is 8.42 Å². The number of hydrogen-bond donors (Lipinski definition) is 0. The van der Waals surface area contributed by atoms with Crippen LogP contribution in [0.25, 0.3) is 0 Å². The minimum absolute atomic E-state index is 0.00899. The van der Waals surface area contributed by atoms with Gasteiger partial charge in [0.1, 0.15) is 0 Å². The summed E-state index contributed by atoms with van der Waals surface area (Å²) in [6.45, 7) is 7.12. The van der Waals surface area contributed by atoms with Crippen LogP contribution in [0.2, 0.25) is 0 Å². The third-order valence-corrected chi connectivity index (χ3v) is 6.91. The van der Waals surface area contributed by atoms with Crippen LogP contribution in [0, 0.1) is 0 Å². The topological polar surface area (TPSA) is 46.6 Å². The van der Waals surface area contributed by atoms with Gasteiger partial charge in [-0.15, -0.1) is 0 Å². The average molecular weight is 374 g/mol. The van der Waals surface area contributed by atoms with Crippen LogP contribution in [0.1, 0.15) is 37.5 Å². The molecule has 0 amide bonds. The van der Waals surface area contributed by atoms with Crippen LogP contribution < -0.4 is 0 Å². The van der Waals surface area contributed by atoms with E-state index in [0.29, 0.717) is 24.5 Å². The first-order valence-electron chi connectivity index (χ1n) is 8.91. The molecule has 2 aromatic carbocycles. The highest BCUT2D eigenvalue weighted by Gasteiger charge is 2.35. The molecule has 0 spiro atoms. The molecule has 0 N–H and O–H groups in total. The van der Waals surface area contributed by atoms with E-state index in [9.17, 15) is 8.42 Å². The Balaban J connectivity index is 1.96. The Morgan fingerprint density at radius 1 is 1.04 bits per heavy atom. The van der Waals surface area contributed by atoms with Crippen molar-refractivity contribution in [1.82, 2.24) is 4.31 Å². The lowest BCUT2D eigenvalue weighted by atomic mass is 9.87. The van der Waals surface area contributed by atoms with Gasteiger partial charge in [0.2, 0.25) is 10.0 Å². The molecule has 0 saturated carbocycles. The molecule has 0 fully saturated rings. The molecule has 1 aliphatic rings. The Morgan fingerprint density at radius 3 is 2.23 bits per heavy atom. The second-order valence-corrected chi connectivity index (χ2v) is 9.80. The molecule has 1 atom stereocenters. The minimum atomic E-state index is -3.59. The van der Waals surface area contributed by atoms with Crippen LogP contribution >= 0.6 is 0 Å². The predicted molar refractivity (Wildman–Crippen MR) is 104 cm³/mol. The van der Waals surface area contributed by atoms with Gasteiger partial charge in [-0.2, -0.15) is 4.31 Å². The summed E-state index contributed by atoms with van der Waals surface area (Å²) in [4.78, 5) is 0.339. The highest BCUT2D eigenvalue weighted by molar-refractivity contribution is 7.89. The van der Waals surface area contributed by atoms with Gasteiger partial charge in [-0.05, 0) is 40.7 Å². The van der Waals surface area contributed by atoms with Crippen LogP contribution in [0.15, 0.2) is 53.4 Å². The van der Waals surface area contributed by atoms with Crippen molar-refractivity contribution >= 4 is 10.0 Å². The van der Waals surface area contributed by atoms with Gasteiger partial charge in [0.05, 0.1) is 17.5 Å². The van der Waals surface area contributed by atoms with E-state index in [0.717, 1.165) is 11.1 Å². The molecule has 1 unspecified atom stereocenters. The van der Waals surface area contributed by atoms with Crippen molar-refractivity contribution < 1.29 is 13.2 Å². The zero-order chi connectivity index (χ0) is 18.9. The van der Waals surface area contributed by atoms with Crippen LogP contribution in [0.4, 0.5) is 0 Å². The van der Waals surface area contributed by atoms with Crippen molar-refractivity contribution in [3.05, 3.63) is 65.2 Å². The lowest BCUT2D eigenvalue weighted by molar-refractivity contribution is 0.124. The zero-order valence-electron chi connectivity index (χ0n) is 15.9. The second-order valence-electron chi connectivity index (χ2n) is 7.91. The maximum Gasteiger partial charge on any atom is 0.243 e. The summed E-state index contributed by atoms with van der Waals surface area (Å²) in [6, 6.07) is 15.1. The van der Waals surface area contributed by atoms with Gasteiger partial charge in [-0.1, -0.05) is 57.2 Å². The molecule has 3 rings (SSSR count). The van der Waals surface area contributed by atoms with Crippen molar-refractivity contribution in [3.8, 4) is 0 Å². The monoisotopic (exact) mass is 373 g/mol. The first-order valence-corrected chi connectivity index (χ1v) is 10.4. The summed E-state index contributed by atoms with van der Waals surface area (Å²) in [7, 11) is -1.97. The molecule has 0 radical (unpaired) electrons. The fourth-order valence-electron chi connectivity index (χ4n) is 3.44. The van der Waals surface area contributed by atoms with Crippen LogP contribution in [0.3, 0.4) is 0 Å². The lowest BCUT2D eigenvalue weighted by Gasteiger charge is -2.35. The van der Waals surface area contributed by atoms with Crippen LogP contribution in [0.5, 0.6) is 0 Å². The molecule has 0 aromatic heterocycles. The van der Waals surface area contributed by atoms with Crippen molar-refractivity contribution in [2.75, 3.05) is 13.7 Å². The Labute approximate surface area is 156 Å². The Hall–Kier alpha value is -1.69. The van der Waals surface area contributed by atoms with E-state index in [4.69, 9.17) is 4.74 Å². The fourth-order valence-corrected chi connectivity index (χ4v) is 5.03. The van der Waals surface area contributed by atoms with E-state index in [1.54, 1.807) is 23.5 Å². The predicted octanol–water partition coefficient (Wildman–Crippen LogP) is 3.75. The first kappa shape index (κ1) is 19.1. The van der Waals surface area contributed by atoms with E-state index in [-0.39, 0.29) is 11.5 Å². The summed E-state index contributed by atoms with van der Waals surface area (Å²) in [5.41, 5.74) is 3.37. The Kier molecular flexibility index (Phi) is 5.24. The summed E-state index contributed by atoms with van der Waals surface area (Å²) >= 11 is 0. The molecule has 26 heavy (non-hydrogen) atoms. The third kappa shape index (κ3) is 3.70. The molecule has 1 aliphatic heterocycles. The van der Waals surface area contributed by atoms with Crippen molar-refractivity contribution in [2.24, 2.45) is 0 Å². The molecule has 2 aromatic rings. The number of methoxy groups -OCH3 is 1. The Bertz CT molecular complexity index is 867. The standard InChI is InChI=1S/C21H27NO3S/c1-21(2,3)18-9-11-20(12-10-18)26(23,24)22-14-17-8-6-5-7-16(17)13-19(22)15-25-4/h5-12,19H,13-15H2,1-4H3. The van der Waals surface area contributed by atoms with Gasteiger partial charge in [0.15, 0.2) is 0 Å². The number of hydrogen-bond acceptors (Lipinski definition) is 3. The molecule has 140 valence electrons. The number of ether oxygens (including phenoxy) is 1. The average Bonchev–Trinajstić information content (AvgIpc) is 2.60. The van der Waals surface area contributed by atoms with Crippen molar-refractivity contribution in [2.45, 2.75) is 50.1 Å². The number of rotatable bonds is 4. The van der Waals surface area contributed by atoms with E-state index < -0.39 is 10.0 Å². The van der Waals surface area contributed by atoms with Crippen molar-refractivity contribution in [3.63, 3.8) is 0 Å². The highest BCUT2D eigenvalue weighted by atomic mass is 32.2. The Morgan fingerprint density at radius 2 is 1.65 bits per heavy atom. The number of benzene rings is 2. The fraction of sp³-hybridized carbons (Fsp3) is 0.429. The zero-order valence-corrected chi connectivity index (χ0v) is 16.7. The summed E-state index contributed by atoms with van der Waals surface area (Å²) in [5, 5.41) is 0. The second kappa shape index (κ2) is 7.14. The molecule has 0 saturated heterocycles. The van der Waals surface area contributed by atoms with Crippen LogP contribution in [-0.4, -0.2) is 32.5 Å². The molecular formula is C21H27NO3S. The first-order chi connectivity index (χ1) is 12.2. The van der Waals surface area contributed by atoms with E-state index >= 15 is 0 Å². The molecular weight excluding hydrogens is 346 g/mol. The molecule has 0 aliphatic carbocycles. The smallest absolute Gasteiger partial charge is 0.243 e. The van der Waals surface area contributed by atoms with Crippen LogP contribution in [-0.2, 0) is 33.1 Å². The lowest BCUT2D eigenvalue weighted by Crippen LogP contribution is -2.46. The quantitative estimate of drug-likeness (QED) is 0.820. The van der Waals surface area contributed by atoms with Crippen molar-refractivity contribution in [1.29, 1.82) is 0 Å². The molecule has 5 heteroatoms. The van der Waals surface area contributed by atoms with E-state index in [2.05, 4.69) is 26.8 Å². The molecule has 1 heterocycles. The van der Waals surface area contributed by atoms with E-state index in [1.165, 1.54) is 5.56 Å². The summed E-state index contributed by atoms with van der Waals surface area (Å²) in [6.07, 6.45) is 0.670. The highest BCUT2D eigenvalue weighted by Crippen LogP contribution is 2.30. The van der Waals surface area contributed by atoms with Gasteiger partial charge in [0.25, 0.3) is 0 Å². The SMILES string of the molecule is COCC1Cc2ccccc2CN1S(=O)(=O)c1ccc(C(C)(C)C)cc1.